The maximum absolute atomic E-state index is 12.9. The molecule has 0 spiro atoms. The van der Waals surface area contributed by atoms with Crippen molar-refractivity contribution in [1.29, 1.82) is 0 Å². The molecule has 0 bridgehead atoms. The molecular weight excluding hydrogens is 294 g/mol. The van der Waals surface area contributed by atoms with E-state index in [0.29, 0.717) is 24.6 Å². The summed E-state index contributed by atoms with van der Waals surface area (Å²) < 4.78 is 0. The van der Waals surface area contributed by atoms with Crippen LogP contribution in [-0.4, -0.2) is 33.6 Å². The van der Waals surface area contributed by atoms with Crippen molar-refractivity contribution >= 4 is 17.7 Å². The average Bonchev–Trinajstić information content (AvgIpc) is 2.54. The van der Waals surface area contributed by atoms with E-state index < -0.39 is 0 Å². The monoisotopic (exact) mass is 315 g/mol. The quantitative estimate of drug-likeness (QED) is 0.766. The molecule has 1 amide bonds. The van der Waals surface area contributed by atoms with Crippen molar-refractivity contribution in [1.82, 2.24) is 14.9 Å². The minimum atomic E-state index is 0.0109. The third kappa shape index (κ3) is 4.31. The molecule has 0 aliphatic carbocycles. The van der Waals surface area contributed by atoms with Gasteiger partial charge in [-0.2, -0.15) is 0 Å². The standard InChI is InChI=1S/C17H21N3OS/c1-13(2)11-20(12-14-7-4-5-9-18-14)17(21)15-8-6-10-19-16(15)22-3/h4-10,13H,11-12H2,1-3H3. The van der Waals surface area contributed by atoms with E-state index >= 15 is 0 Å². The molecule has 0 aliphatic heterocycles. The molecule has 2 aromatic rings. The number of hydrogen-bond donors (Lipinski definition) is 0. The van der Waals surface area contributed by atoms with Crippen LogP contribution in [0.15, 0.2) is 47.8 Å². The Labute approximate surface area is 136 Å². The SMILES string of the molecule is CSc1ncccc1C(=O)N(Cc1ccccn1)CC(C)C. The molecule has 2 rings (SSSR count). The van der Waals surface area contributed by atoms with Gasteiger partial charge < -0.3 is 4.90 Å². The average molecular weight is 315 g/mol. The summed E-state index contributed by atoms with van der Waals surface area (Å²) in [6, 6.07) is 9.41. The van der Waals surface area contributed by atoms with E-state index in [1.807, 2.05) is 35.4 Å². The Kier molecular flexibility index (Phi) is 5.95. The molecular formula is C17H21N3OS. The van der Waals surface area contributed by atoms with E-state index in [4.69, 9.17) is 0 Å². The van der Waals surface area contributed by atoms with Gasteiger partial charge >= 0.3 is 0 Å². The van der Waals surface area contributed by atoms with Crippen LogP contribution in [0.2, 0.25) is 0 Å². The lowest BCUT2D eigenvalue weighted by Crippen LogP contribution is -2.34. The first kappa shape index (κ1) is 16.5. The van der Waals surface area contributed by atoms with Gasteiger partial charge in [0.05, 0.1) is 17.8 Å². The Bertz CT molecular complexity index is 616. The first-order chi connectivity index (χ1) is 10.6. The normalized spacial score (nSPS) is 10.7. The van der Waals surface area contributed by atoms with Gasteiger partial charge in [-0.05, 0) is 36.4 Å². The maximum atomic E-state index is 12.9. The van der Waals surface area contributed by atoms with Crippen molar-refractivity contribution < 1.29 is 4.79 Å². The van der Waals surface area contributed by atoms with Gasteiger partial charge in [0, 0.05) is 18.9 Å². The number of rotatable bonds is 6. The van der Waals surface area contributed by atoms with Crippen molar-refractivity contribution in [2.24, 2.45) is 5.92 Å². The highest BCUT2D eigenvalue weighted by Gasteiger charge is 2.20. The molecule has 22 heavy (non-hydrogen) atoms. The Morgan fingerprint density at radius 2 is 1.95 bits per heavy atom. The van der Waals surface area contributed by atoms with E-state index in [1.165, 1.54) is 11.8 Å². The minimum Gasteiger partial charge on any atom is -0.332 e. The van der Waals surface area contributed by atoms with Gasteiger partial charge in [-0.1, -0.05) is 19.9 Å². The van der Waals surface area contributed by atoms with Crippen molar-refractivity contribution in [3.8, 4) is 0 Å². The van der Waals surface area contributed by atoms with Crippen LogP contribution in [0.1, 0.15) is 29.9 Å². The lowest BCUT2D eigenvalue weighted by Gasteiger charge is -2.25. The molecule has 0 saturated carbocycles. The number of pyridine rings is 2. The van der Waals surface area contributed by atoms with Crippen LogP contribution in [0.25, 0.3) is 0 Å². The summed E-state index contributed by atoms with van der Waals surface area (Å²) in [6.07, 6.45) is 5.41. The summed E-state index contributed by atoms with van der Waals surface area (Å²) in [5.74, 6) is 0.402. The Balaban J connectivity index is 2.26. The van der Waals surface area contributed by atoms with E-state index in [0.717, 1.165) is 10.7 Å². The van der Waals surface area contributed by atoms with Gasteiger partial charge in [-0.3, -0.25) is 9.78 Å². The molecule has 0 unspecified atom stereocenters. The summed E-state index contributed by atoms with van der Waals surface area (Å²) in [7, 11) is 0. The number of carbonyl (C=O) groups is 1. The molecule has 0 aromatic carbocycles. The first-order valence-corrected chi connectivity index (χ1v) is 8.52. The van der Waals surface area contributed by atoms with Gasteiger partial charge in [-0.25, -0.2) is 4.98 Å². The topological polar surface area (TPSA) is 46.1 Å². The first-order valence-electron chi connectivity index (χ1n) is 7.30. The second-order valence-corrected chi connectivity index (χ2v) is 6.26. The molecule has 4 nitrogen and oxygen atoms in total. The minimum absolute atomic E-state index is 0.0109. The van der Waals surface area contributed by atoms with E-state index in [-0.39, 0.29) is 5.91 Å². The van der Waals surface area contributed by atoms with Crippen LogP contribution in [0.4, 0.5) is 0 Å². The second kappa shape index (κ2) is 7.94. The molecule has 0 fully saturated rings. The molecule has 2 aromatic heterocycles. The van der Waals surface area contributed by atoms with Gasteiger partial charge in [0.15, 0.2) is 0 Å². The number of carbonyl (C=O) groups excluding carboxylic acids is 1. The molecule has 116 valence electrons. The fourth-order valence-electron chi connectivity index (χ4n) is 2.23. The van der Waals surface area contributed by atoms with Crippen LogP contribution in [-0.2, 0) is 6.54 Å². The van der Waals surface area contributed by atoms with Crippen molar-refractivity contribution in [2.75, 3.05) is 12.8 Å². The number of thioether (sulfide) groups is 1. The second-order valence-electron chi connectivity index (χ2n) is 5.46. The summed E-state index contributed by atoms with van der Waals surface area (Å²) >= 11 is 1.49. The third-order valence-corrected chi connectivity index (χ3v) is 3.86. The largest absolute Gasteiger partial charge is 0.332 e. The van der Waals surface area contributed by atoms with Crippen LogP contribution < -0.4 is 0 Å². The van der Waals surface area contributed by atoms with Crippen LogP contribution in [0, 0.1) is 5.92 Å². The van der Waals surface area contributed by atoms with Crippen LogP contribution in [0.5, 0.6) is 0 Å². The number of hydrogen-bond acceptors (Lipinski definition) is 4. The highest BCUT2D eigenvalue weighted by atomic mass is 32.2. The van der Waals surface area contributed by atoms with E-state index in [9.17, 15) is 4.79 Å². The number of amides is 1. The van der Waals surface area contributed by atoms with Crippen molar-refractivity contribution in [2.45, 2.75) is 25.4 Å². The van der Waals surface area contributed by atoms with Gasteiger partial charge in [0.1, 0.15) is 5.03 Å². The fourth-order valence-corrected chi connectivity index (χ4v) is 2.78. The van der Waals surface area contributed by atoms with Crippen molar-refractivity contribution in [3.05, 3.63) is 54.0 Å². The summed E-state index contributed by atoms with van der Waals surface area (Å²) in [5.41, 5.74) is 1.55. The molecule has 0 radical (unpaired) electrons. The molecule has 5 heteroatoms. The maximum Gasteiger partial charge on any atom is 0.256 e. The molecule has 0 atom stereocenters. The zero-order chi connectivity index (χ0) is 15.9. The predicted octanol–water partition coefficient (Wildman–Crippen LogP) is 3.50. The van der Waals surface area contributed by atoms with Crippen LogP contribution in [0.3, 0.4) is 0 Å². The molecule has 0 saturated heterocycles. The highest BCUT2D eigenvalue weighted by molar-refractivity contribution is 7.98. The van der Waals surface area contributed by atoms with Crippen LogP contribution >= 0.6 is 11.8 Å². The lowest BCUT2D eigenvalue weighted by molar-refractivity contribution is 0.0716. The molecule has 0 N–H and O–H groups in total. The van der Waals surface area contributed by atoms with Gasteiger partial charge in [0.25, 0.3) is 5.91 Å². The zero-order valence-corrected chi connectivity index (χ0v) is 14.0. The summed E-state index contributed by atoms with van der Waals surface area (Å²) in [4.78, 5) is 23.4. The predicted molar refractivity (Wildman–Crippen MR) is 89.8 cm³/mol. The van der Waals surface area contributed by atoms with Crippen molar-refractivity contribution in [3.63, 3.8) is 0 Å². The number of nitrogens with zero attached hydrogens (tertiary/aromatic N) is 3. The Morgan fingerprint density at radius 3 is 2.59 bits per heavy atom. The zero-order valence-electron chi connectivity index (χ0n) is 13.2. The van der Waals surface area contributed by atoms with Gasteiger partial charge in [-0.15, -0.1) is 11.8 Å². The van der Waals surface area contributed by atoms with E-state index in [1.54, 1.807) is 18.5 Å². The molecule has 0 aliphatic rings. The summed E-state index contributed by atoms with van der Waals surface area (Å²) in [5, 5.41) is 0.766. The lowest BCUT2D eigenvalue weighted by atomic mass is 10.1. The van der Waals surface area contributed by atoms with Gasteiger partial charge in [0.2, 0.25) is 0 Å². The third-order valence-electron chi connectivity index (χ3n) is 3.15. The smallest absolute Gasteiger partial charge is 0.256 e. The number of aromatic nitrogens is 2. The fraction of sp³-hybridized carbons (Fsp3) is 0.353. The van der Waals surface area contributed by atoms with E-state index in [2.05, 4.69) is 23.8 Å². The summed E-state index contributed by atoms with van der Waals surface area (Å²) in [6.45, 7) is 5.42. The Morgan fingerprint density at radius 1 is 1.18 bits per heavy atom. The Hall–Kier alpha value is -1.88. The highest BCUT2D eigenvalue weighted by Crippen LogP contribution is 2.20. The molecule has 2 heterocycles.